The second-order valence-corrected chi connectivity index (χ2v) is 6.83. The number of fused-ring (bicyclic) bond motifs is 1. The van der Waals surface area contributed by atoms with Gasteiger partial charge in [0.15, 0.2) is 0 Å². The monoisotopic (exact) mass is 296 g/mol. The average Bonchev–Trinajstić information content (AvgIpc) is 2.60. The van der Waals surface area contributed by atoms with Crippen molar-refractivity contribution in [2.75, 3.05) is 0 Å². The van der Waals surface area contributed by atoms with Crippen molar-refractivity contribution in [3.05, 3.63) is 21.4 Å². The first-order chi connectivity index (χ1) is 9.06. The zero-order chi connectivity index (χ0) is 13.8. The molecule has 0 bridgehead atoms. The van der Waals surface area contributed by atoms with Crippen molar-refractivity contribution in [1.82, 2.24) is 5.32 Å². The summed E-state index contributed by atoms with van der Waals surface area (Å²) in [5.41, 5.74) is 6.86. The third-order valence-electron chi connectivity index (χ3n) is 3.36. The van der Waals surface area contributed by atoms with Gasteiger partial charge in [-0.1, -0.05) is 18.6 Å². The van der Waals surface area contributed by atoms with Crippen LogP contribution >= 0.6 is 23.6 Å². The lowest BCUT2D eigenvalue weighted by atomic mass is 10.1. The number of hydrogen-bond donors (Lipinski definition) is 2. The quantitative estimate of drug-likeness (QED) is 0.663. The molecule has 0 fully saturated rings. The highest BCUT2D eigenvalue weighted by atomic mass is 32.1. The van der Waals surface area contributed by atoms with Gasteiger partial charge in [-0.25, -0.2) is 0 Å². The first-order valence-corrected chi connectivity index (χ1v) is 7.99. The Labute approximate surface area is 123 Å². The molecule has 1 amide bonds. The Morgan fingerprint density at radius 2 is 2.21 bits per heavy atom. The number of aryl methyl sites for hydroxylation is 2. The summed E-state index contributed by atoms with van der Waals surface area (Å²) in [6.45, 7) is 1.93. The van der Waals surface area contributed by atoms with Crippen molar-refractivity contribution in [2.24, 2.45) is 5.73 Å². The molecule has 3 nitrogen and oxygen atoms in total. The minimum absolute atomic E-state index is 0.00169. The molecule has 1 heterocycles. The van der Waals surface area contributed by atoms with Crippen molar-refractivity contribution in [1.29, 1.82) is 0 Å². The highest BCUT2D eigenvalue weighted by Crippen LogP contribution is 2.28. The van der Waals surface area contributed by atoms with Gasteiger partial charge in [0.1, 0.15) is 0 Å². The van der Waals surface area contributed by atoms with E-state index in [1.807, 2.05) is 6.92 Å². The summed E-state index contributed by atoms with van der Waals surface area (Å²) >= 11 is 6.50. The maximum absolute atomic E-state index is 12.2. The Balaban J connectivity index is 2.01. The number of rotatable bonds is 4. The number of hydrogen-bond acceptors (Lipinski definition) is 3. The topological polar surface area (TPSA) is 55.1 Å². The third kappa shape index (κ3) is 4.01. The number of carbonyl (C=O) groups is 1. The van der Waals surface area contributed by atoms with E-state index in [2.05, 4.69) is 11.4 Å². The standard InChI is InChI=1S/C14H20N2OS2/c1-9(7-13(15)18)16-14(17)12-8-10-5-3-2-4-6-11(10)19-12/h8-9H,2-7H2,1H3,(H2,15,18)(H,16,17). The van der Waals surface area contributed by atoms with E-state index in [9.17, 15) is 4.79 Å². The van der Waals surface area contributed by atoms with E-state index in [-0.39, 0.29) is 11.9 Å². The Bertz CT molecular complexity index is 458. The van der Waals surface area contributed by atoms with E-state index in [0.29, 0.717) is 11.4 Å². The number of nitrogens with one attached hydrogen (secondary N) is 1. The van der Waals surface area contributed by atoms with E-state index >= 15 is 0 Å². The normalized spacial score (nSPS) is 16.3. The van der Waals surface area contributed by atoms with Gasteiger partial charge < -0.3 is 11.1 Å². The van der Waals surface area contributed by atoms with Gasteiger partial charge in [-0.3, -0.25) is 4.79 Å². The van der Waals surface area contributed by atoms with Crippen molar-refractivity contribution >= 4 is 34.5 Å². The van der Waals surface area contributed by atoms with Gasteiger partial charge in [-0.05, 0) is 44.2 Å². The predicted octanol–water partition coefficient (Wildman–Crippen LogP) is 2.81. The first-order valence-electron chi connectivity index (χ1n) is 6.77. The van der Waals surface area contributed by atoms with Crippen LogP contribution in [-0.4, -0.2) is 16.9 Å². The molecular formula is C14H20N2OS2. The van der Waals surface area contributed by atoms with Gasteiger partial charge in [0, 0.05) is 17.3 Å². The Kier molecular flexibility index (Phi) is 4.93. The molecule has 1 atom stereocenters. The zero-order valence-electron chi connectivity index (χ0n) is 11.2. The second kappa shape index (κ2) is 6.48. The van der Waals surface area contributed by atoms with Crippen LogP contribution in [0.25, 0.3) is 0 Å². The van der Waals surface area contributed by atoms with E-state index in [1.165, 1.54) is 29.7 Å². The van der Waals surface area contributed by atoms with Crippen LogP contribution in [0, 0.1) is 0 Å². The number of amides is 1. The van der Waals surface area contributed by atoms with Crippen molar-refractivity contribution in [2.45, 2.75) is 51.5 Å². The Morgan fingerprint density at radius 1 is 1.47 bits per heavy atom. The van der Waals surface area contributed by atoms with Crippen LogP contribution in [0.4, 0.5) is 0 Å². The van der Waals surface area contributed by atoms with Crippen LogP contribution in [0.5, 0.6) is 0 Å². The van der Waals surface area contributed by atoms with Crippen LogP contribution < -0.4 is 11.1 Å². The highest BCUT2D eigenvalue weighted by Gasteiger charge is 2.17. The largest absolute Gasteiger partial charge is 0.393 e. The van der Waals surface area contributed by atoms with Gasteiger partial charge >= 0.3 is 0 Å². The molecule has 0 aliphatic heterocycles. The van der Waals surface area contributed by atoms with Gasteiger partial charge in [-0.15, -0.1) is 11.3 Å². The highest BCUT2D eigenvalue weighted by molar-refractivity contribution is 7.80. The molecule has 19 heavy (non-hydrogen) atoms. The molecule has 0 radical (unpaired) electrons. The molecule has 5 heteroatoms. The molecule has 1 aliphatic rings. The molecular weight excluding hydrogens is 276 g/mol. The van der Waals surface area contributed by atoms with Gasteiger partial charge in [0.2, 0.25) is 0 Å². The Hall–Kier alpha value is -0.940. The summed E-state index contributed by atoms with van der Waals surface area (Å²) in [5, 5.41) is 2.96. The molecule has 1 unspecified atom stereocenters. The summed E-state index contributed by atoms with van der Waals surface area (Å²) in [6, 6.07) is 2.06. The molecule has 3 N–H and O–H groups in total. The van der Waals surface area contributed by atoms with Gasteiger partial charge in [0.25, 0.3) is 5.91 Å². The van der Waals surface area contributed by atoms with Gasteiger partial charge in [-0.2, -0.15) is 0 Å². The van der Waals surface area contributed by atoms with Crippen molar-refractivity contribution in [3.63, 3.8) is 0 Å². The first kappa shape index (κ1) is 14.5. The third-order valence-corrected chi connectivity index (χ3v) is 4.76. The van der Waals surface area contributed by atoms with Crippen LogP contribution in [0.2, 0.25) is 0 Å². The molecule has 1 aliphatic carbocycles. The number of nitrogens with two attached hydrogens (primary N) is 1. The second-order valence-electron chi connectivity index (χ2n) is 5.16. The maximum atomic E-state index is 12.2. The minimum Gasteiger partial charge on any atom is -0.393 e. The van der Waals surface area contributed by atoms with Gasteiger partial charge in [0.05, 0.1) is 9.87 Å². The summed E-state index contributed by atoms with van der Waals surface area (Å²) in [6.07, 6.45) is 6.56. The molecule has 0 aromatic carbocycles. The maximum Gasteiger partial charge on any atom is 0.261 e. The number of carbonyl (C=O) groups excluding carboxylic acids is 1. The SMILES string of the molecule is CC(CC(N)=S)NC(=O)c1cc2c(s1)CCCCC2. The fourth-order valence-corrected chi connectivity index (χ4v) is 3.83. The molecule has 2 rings (SSSR count). The summed E-state index contributed by atoms with van der Waals surface area (Å²) in [7, 11) is 0. The number of thiophene rings is 1. The molecule has 1 aromatic rings. The lowest BCUT2D eigenvalue weighted by molar-refractivity contribution is 0.0945. The molecule has 0 spiro atoms. The predicted molar refractivity (Wildman–Crippen MR) is 83.9 cm³/mol. The van der Waals surface area contributed by atoms with Crippen LogP contribution in [0.3, 0.4) is 0 Å². The lowest BCUT2D eigenvalue weighted by Crippen LogP contribution is -2.34. The van der Waals surface area contributed by atoms with Crippen molar-refractivity contribution < 1.29 is 4.79 Å². The van der Waals surface area contributed by atoms with Crippen LogP contribution in [-0.2, 0) is 12.8 Å². The number of thiocarbonyl (C=S) groups is 1. The Morgan fingerprint density at radius 3 is 2.95 bits per heavy atom. The average molecular weight is 296 g/mol. The summed E-state index contributed by atoms with van der Waals surface area (Å²) < 4.78 is 0. The molecule has 104 valence electrons. The molecule has 0 saturated carbocycles. The fraction of sp³-hybridized carbons (Fsp3) is 0.571. The zero-order valence-corrected chi connectivity index (χ0v) is 12.8. The summed E-state index contributed by atoms with van der Waals surface area (Å²) in [5.74, 6) is 0.00169. The van der Waals surface area contributed by atoms with E-state index in [0.717, 1.165) is 17.7 Å². The molecule has 1 aromatic heterocycles. The fourth-order valence-electron chi connectivity index (χ4n) is 2.43. The summed E-state index contributed by atoms with van der Waals surface area (Å²) in [4.78, 5) is 14.8. The lowest BCUT2D eigenvalue weighted by Gasteiger charge is -2.11. The van der Waals surface area contributed by atoms with Crippen LogP contribution in [0.15, 0.2) is 6.07 Å². The smallest absolute Gasteiger partial charge is 0.261 e. The van der Waals surface area contributed by atoms with Crippen LogP contribution in [0.1, 0.15) is 52.7 Å². The van der Waals surface area contributed by atoms with E-state index < -0.39 is 0 Å². The molecule has 0 saturated heterocycles. The minimum atomic E-state index is -0.00749. The van der Waals surface area contributed by atoms with E-state index in [1.54, 1.807) is 11.3 Å². The van der Waals surface area contributed by atoms with E-state index in [4.69, 9.17) is 18.0 Å². The van der Waals surface area contributed by atoms with Crippen molar-refractivity contribution in [3.8, 4) is 0 Å².